The van der Waals surface area contributed by atoms with Crippen molar-refractivity contribution in [3.8, 4) is 0 Å². The van der Waals surface area contributed by atoms with Gasteiger partial charge in [-0.25, -0.2) is 4.79 Å². The van der Waals surface area contributed by atoms with Gasteiger partial charge in [-0.1, -0.05) is 23.7 Å². The van der Waals surface area contributed by atoms with E-state index in [0.717, 1.165) is 4.90 Å². The van der Waals surface area contributed by atoms with Crippen LogP contribution in [0.5, 0.6) is 0 Å². The Balaban J connectivity index is 2.20. The van der Waals surface area contributed by atoms with E-state index < -0.39 is 23.4 Å². The quantitative estimate of drug-likeness (QED) is 0.678. The predicted octanol–water partition coefficient (Wildman–Crippen LogP) is 1.67. The SMILES string of the molecule is COC(=O)CCN1C(=O)NC(C)(c2ccc(Cl)cc2)C1=O. The van der Waals surface area contributed by atoms with Crippen LogP contribution in [0.3, 0.4) is 0 Å². The molecule has 1 aromatic rings. The van der Waals surface area contributed by atoms with Crippen LogP contribution in [0.4, 0.5) is 4.79 Å². The third kappa shape index (κ3) is 2.85. The monoisotopic (exact) mass is 310 g/mol. The number of hydrogen-bond donors (Lipinski definition) is 1. The van der Waals surface area contributed by atoms with E-state index in [1.807, 2.05) is 0 Å². The number of nitrogens with one attached hydrogen (secondary N) is 1. The second-order valence-corrected chi connectivity index (χ2v) is 5.28. The average molecular weight is 311 g/mol. The topological polar surface area (TPSA) is 75.7 Å². The lowest BCUT2D eigenvalue weighted by atomic mass is 9.92. The van der Waals surface area contributed by atoms with Crippen LogP contribution >= 0.6 is 11.6 Å². The van der Waals surface area contributed by atoms with Crippen LogP contribution in [0.1, 0.15) is 18.9 Å². The maximum absolute atomic E-state index is 12.5. The molecule has 21 heavy (non-hydrogen) atoms. The fraction of sp³-hybridized carbons (Fsp3) is 0.357. The molecule has 0 spiro atoms. The summed E-state index contributed by atoms with van der Waals surface area (Å²) in [4.78, 5) is 36.6. The first-order valence-corrected chi connectivity index (χ1v) is 6.73. The molecule has 112 valence electrons. The molecule has 0 bridgehead atoms. The van der Waals surface area contributed by atoms with Gasteiger partial charge in [0.2, 0.25) is 0 Å². The van der Waals surface area contributed by atoms with Crippen molar-refractivity contribution in [2.24, 2.45) is 0 Å². The van der Waals surface area contributed by atoms with Gasteiger partial charge in [-0.3, -0.25) is 14.5 Å². The Labute approximate surface area is 127 Å². The highest BCUT2D eigenvalue weighted by Crippen LogP contribution is 2.29. The summed E-state index contributed by atoms with van der Waals surface area (Å²) in [5.74, 6) is -0.880. The number of nitrogens with zero attached hydrogens (tertiary/aromatic N) is 1. The van der Waals surface area contributed by atoms with Crippen molar-refractivity contribution in [3.63, 3.8) is 0 Å². The number of benzene rings is 1. The standard InChI is InChI=1S/C14H15ClN2O4/c1-14(9-3-5-10(15)6-4-9)12(19)17(13(20)16-14)8-7-11(18)21-2/h3-6H,7-8H2,1-2H3,(H,16,20). The normalized spacial score (nSPS) is 21.4. The fourth-order valence-corrected chi connectivity index (χ4v) is 2.31. The van der Waals surface area contributed by atoms with Gasteiger partial charge in [-0.2, -0.15) is 0 Å². The number of esters is 1. The van der Waals surface area contributed by atoms with Crippen molar-refractivity contribution in [3.05, 3.63) is 34.9 Å². The Kier molecular flexibility index (Phi) is 4.18. The smallest absolute Gasteiger partial charge is 0.325 e. The van der Waals surface area contributed by atoms with Gasteiger partial charge in [0.25, 0.3) is 5.91 Å². The van der Waals surface area contributed by atoms with Gasteiger partial charge >= 0.3 is 12.0 Å². The highest BCUT2D eigenvalue weighted by Gasteiger charge is 2.48. The summed E-state index contributed by atoms with van der Waals surface area (Å²) < 4.78 is 4.51. The van der Waals surface area contributed by atoms with Crippen LogP contribution in [-0.2, 0) is 19.9 Å². The van der Waals surface area contributed by atoms with Crippen molar-refractivity contribution in [1.29, 1.82) is 0 Å². The number of ether oxygens (including phenoxy) is 1. The van der Waals surface area contributed by atoms with E-state index >= 15 is 0 Å². The second-order valence-electron chi connectivity index (χ2n) is 4.84. The average Bonchev–Trinajstić information content (AvgIpc) is 2.68. The molecule has 1 aliphatic heterocycles. The lowest BCUT2D eigenvalue weighted by Gasteiger charge is -2.22. The lowest BCUT2D eigenvalue weighted by Crippen LogP contribution is -2.41. The van der Waals surface area contributed by atoms with Crippen LogP contribution < -0.4 is 5.32 Å². The van der Waals surface area contributed by atoms with Crippen LogP contribution in [0.25, 0.3) is 0 Å². The molecule has 1 saturated heterocycles. The molecule has 1 heterocycles. The molecule has 0 aliphatic carbocycles. The summed E-state index contributed by atoms with van der Waals surface area (Å²) in [6.45, 7) is 1.61. The van der Waals surface area contributed by atoms with Gasteiger partial charge in [0.05, 0.1) is 13.5 Å². The molecule has 1 N–H and O–H groups in total. The van der Waals surface area contributed by atoms with E-state index in [1.54, 1.807) is 31.2 Å². The molecule has 3 amide bonds. The second kappa shape index (κ2) is 5.73. The van der Waals surface area contributed by atoms with Gasteiger partial charge in [-0.15, -0.1) is 0 Å². The molecule has 1 aliphatic rings. The maximum Gasteiger partial charge on any atom is 0.325 e. The van der Waals surface area contributed by atoms with Crippen LogP contribution in [0, 0.1) is 0 Å². The number of methoxy groups -OCH3 is 1. The highest BCUT2D eigenvalue weighted by atomic mass is 35.5. The van der Waals surface area contributed by atoms with Crippen LogP contribution in [0.2, 0.25) is 5.02 Å². The number of amides is 3. The van der Waals surface area contributed by atoms with Crippen molar-refractivity contribution in [2.45, 2.75) is 18.9 Å². The molecule has 1 aromatic carbocycles. The van der Waals surface area contributed by atoms with E-state index in [4.69, 9.17) is 11.6 Å². The highest BCUT2D eigenvalue weighted by molar-refractivity contribution is 6.30. The molecular formula is C14H15ClN2O4. The van der Waals surface area contributed by atoms with Gasteiger partial charge in [0, 0.05) is 11.6 Å². The van der Waals surface area contributed by atoms with E-state index in [0.29, 0.717) is 10.6 Å². The zero-order valence-corrected chi connectivity index (χ0v) is 12.4. The summed E-state index contributed by atoms with van der Waals surface area (Å²) in [5, 5.41) is 3.19. The number of rotatable bonds is 4. The van der Waals surface area contributed by atoms with Gasteiger partial charge in [0.1, 0.15) is 5.54 Å². The molecule has 6 nitrogen and oxygen atoms in total. The zero-order valence-electron chi connectivity index (χ0n) is 11.7. The molecule has 0 radical (unpaired) electrons. The Morgan fingerprint density at radius 2 is 1.95 bits per heavy atom. The predicted molar refractivity (Wildman–Crippen MR) is 75.7 cm³/mol. The number of halogens is 1. The largest absolute Gasteiger partial charge is 0.469 e. The van der Waals surface area contributed by atoms with Crippen LogP contribution in [0.15, 0.2) is 24.3 Å². The summed E-state index contributed by atoms with van der Waals surface area (Å²) >= 11 is 5.82. The minimum Gasteiger partial charge on any atom is -0.469 e. The molecule has 2 rings (SSSR count). The third-order valence-electron chi connectivity index (χ3n) is 3.46. The van der Waals surface area contributed by atoms with E-state index in [-0.39, 0.29) is 13.0 Å². The first kappa shape index (κ1) is 15.3. The summed E-state index contributed by atoms with van der Waals surface area (Å²) in [5.41, 5.74) is -0.525. The van der Waals surface area contributed by atoms with Gasteiger partial charge in [0.15, 0.2) is 0 Å². The summed E-state index contributed by atoms with van der Waals surface area (Å²) in [6.07, 6.45) is -0.0354. The first-order chi connectivity index (χ1) is 9.88. The van der Waals surface area contributed by atoms with E-state index in [1.165, 1.54) is 7.11 Å². The number of carbonyl (C=O) groups excluding carboxylic acids is 3. The Morgan fingerprint density at radius 1 is 1.33 bits per heavy atom. The summed E-state index contributed by atoms with van der Waals surface area (Å²) in [7, 11) is 1.26. The van der Waals surface area contributed by atoms with Crippen molar-refractivity contribution in [2.75, 3.05) is 13.7 Å². The Morgan fingerprint density at radius 3 is 2.52 bits per heavy atom. The van der Waals surface area contributed by atoms with Crippen molar-refractivity contribution >= 4 is 29.5 Å². The zero-order chi connectivity index (χ0) is 15.6. The maximum atomic E-state index is 12.5. The van der Waals surface area contributed by atoms with E-state index in [9.17, 15) is 14.4 Å². The van der Waals surface area contributed by atoms with Gasteiger partial charge < -0.3 is 10.1 Å². The van der Waals surface area contributed by atoms with Crippen LogP contribution in [-0.4, -0.2) is 36.5 Å². The minimum absolute atomic E-state index is 0.0134. The summed E-state index contributed by atoms with van der Waals surface area (Å²) in [6, 6.07) is 6.15. The molecule has 0 saturated carbocycles. The fourth-order valence-electron chi connectivity index (χ4n) is 2.18. The van der Waals surface area contributed by atoms with Crippen molar-refractivity contribution in [1.82, 2.24) is 10.2 Å². The number of carbonyl (C=O) groups is 3. The first-order valence-electron chi connectivity index (χ1n) is 6.35. The number of hydrogen-bond acceptors (Lipinski definition) is 4. The van der Waals surface area contributed by atoms with Crippen molar-refractivity contribution < 1.29 is 19.1 Å². The Hall–Kier alpha value is -2.08. The number of imide groups is 1. The minimum atomic E-state index is -1.15. The Bertz CT molecular complexity index is 587. The third-order valence-corrected chi connectivity index (χ3v) is 3.72. The molecule has 7 heteroatoms. The van der Waals surface area contributed by atoms with Gasteiger partial charge in [-0.05, 0) is 24.6 Å². The molecule has 1 unspecified atom stereocenters. The molecular weight excluding hydrogens is 296 g/mol. The lowest BCUT2D eigenvalue weighted by molar-refractivity contribution is -0.141. The molecule has 1 atom stereocenters. The molecule has 0 aromatic heterocycles. The molecule has 1 fully saturated rings. The number of urea groups is 1. The van der Waals surface area contributed by atoms with E-state index in [2.05, 4.69) is 10.1 Å².